The van der Waals surface area contributed by atoms with Crippen molar-refractivity contribution >= 4 is 0 Å². The maximum Gasteiger partial charge on any atom is 0.0690 e. The van der Waals surface area contributed by atoms with Crippen molar-refractivity contribution in [3.63, 3.8) is 0 Å². The molecule has 0 saturated heterocycles. The molecule has 0 heterocycles. The second-order valence-electron chi connectivity index (χ2n) is 4.46. The van der Waals surface area contributed by atoms with Crippen LogP contribution in [-0.2, 0) is 4.74 Å². The lowest BCUT2D eigenvalue weighted by Gasteiger charge is -2.35. The summed E-state index contributed by atoms with van der Waals surface area (Å²) in [5, 5.41) is 8.94. The predicted molar refractivity (Wildman–Crippen MR) is 52.2 cm³/mol. The molecule has 0 spiro atoms. The van der Waals surface area contributed by atoms with Gasteiger partial charge in [-0.25, -0.2) is 0 Å². The predicted octanol–water partition coefficient (Wildman–Crippen LogP) is 2.74. The van der Waals surface area contributed by atoms with Gasteiger partial charge < -0.3 is 4.74 Å². The van der Waals surface area contributed by atoms with Crippen molar-refractivity contribution in [2.24, 2.45) is 11.3 Å². The van der Waals surface area contributed by atoms with Crippen molar-refractivity contribution in [3.8, 4) is 6.07 Å². The molecule has 0 radical (unpaired) electrons. The van der Waals surface area contributed by atoms with Crippen LogP contribution in [0.15, 0.2) is 0 Å². The van der Waals surface area contributed by atoms with E-state index in [-0.39, 0.29) is 5.41 Å². The Morgan fingerprint density at radius 1 is 1.46 bits per heavy atom. The standard InChI is InChI=1S/C11H19NO/c1-10(2)8-13-7-6-11(9-12)4-3-5-11/h10H,3-8H2,1-2H3. The van der Waals surface area contributed by atoms with Gasteiger partial charge in [0.15, 0.2) is 0 Å². The lowest BCUT2D eigenvalue weighted by molar-refractivity contribution is 0.0677. The molecule has 0 aromatic carbocycles. The Kier molecular flexibility index (Phi) is 3.74. The molecule has 0 N–H and O–H groups in total. The lowest BCUT2D eigenvalue weighted by Crippen LogP contribution is -2.29. The van der Waals surface area contributed by atoms with Crippen LogP contribution in [0, 0.1) is 22.7 Å². The largest absolute Gasteiger partial charge is 0.381 e. The molecule has 13 heavy (non-hydrogen) atoms. The molecule has 0 aromatic heterocycles. The number of nitriles is 1. The van der Waals surface area contributed by atoms with E-state index in [9.17, 15) is 0 Å². The Morgan fingerprint density at radius 3 is 2.54 bits per heavy atom. The van der Waals surface area contributed by atoms with E-state index < -0.39 is 0 Å². The first-order chi connectivity index (χ1) is 6.18. The van der Waals surface area contributed by atoms with Crippen LogP contribution in [-0.4, -0.2) is 13.2 Å². The molecule has 0 aromatic rings. The van der Waals surface area contributed by atoms with Gasteiger partial charge in [-0.3, -0.25) is 0 Å². The number of nitrogens with zero attached hydrogens (tertiary/aromatic N) is 1. The highest BCUT2D eigenvalue weighted by Crippen LogP contribution is 2.43. The molecule has 0 bridgehead atoms. The Labute approximate surface area is 80.9 Å². The SMILES string of the molecule is CC(C)COCCC1(C#N)CCC1. The zero-order chi connectivity index (χ0) is 9.73. The van der Waals surface area contributed by atoms with Gasteiger partial charge in [-0.1, -0.05) is 20.3 Å². The molecule has 0 unspecified atom stereocenters. The van der Waals surface area contributed by atoms with E-state index in [4.69, 9.17) is 10.00 Å². The molecular weight excluding hydrogens is 162 g/mol. The maximum atomic E-state index is 8.94. The molecule has 1 rings (SSSR count). The molecule has 1 saturated carbocycles. The van der Waals surface area contributed by atoms with Gasteiger partial charge >= 0.3 is 0 Å². The first-order valence-corrected chi connectivity index (χ1v) is 5.17. The lowest BCUT2D eigenvalue weighted by atomic mass is 9.68. The van der Waals surface area contributed by atoms with Crippen LogP contribution in [0.2, 0.25) is 0 Å². The van der Waals surface area contributed by atoms with Gasteiger partial charge in [0, 0.05) is 13.2 Å². The molecule has 1 fully saturated rings. The van der Waals surface area contributed by atoms with E-state index in [1.807, 2.05) is 0 Å². The molecule has 0 aliphatic heterocycles. The summed E-state index contributed by atoms with van der Waals surface area (Å²) in [5.74, 6) is 0.597. The number of hydrogen-bond acceptors (Lipinski definition) is 2. The van der Waals surface area contributed by atoms with E-state index in [2.05, 4.69) is 19.9 Å². The average Bonchev–Trinajstić information content (AvgIpc) is 2.01. The summed E-state index contributed by atoms with van der Waals surface area (Å²) in [6.45, 7) is 5.86. The Bertz CT molecular complexity index is 189. The average molecular weight is 181 g/mol. The molecule has 1 aliphatic rings. The zero-order valence-electron chi connectivity index (χ0n) is 8.68. The highest BCUT2D eigenvalue weighted by atomic mass is 16.5. The fourth-order valence-corrected chi connectivity index (χ4v) is 1.61. The van der Waals surface area contributed by atoms with Gasteiger partial charge in [0.1, 0.15) is 0 Å². The van der Waals surface area contributed by atoms with E-state index in [1.165, 1.54) is 6.42 Å². The summed E-state index contributed by atoms with van der Waals surface area (Å²) >= 11 is 0. The normalized spacial score (nSPS) is 19.5. The minimum Gasteiger partial charge on any atom is -0.381 e. The number of ether oxygens (including phenoxy) is 1. The first-order valence-electron chi connectivity index (χ1n) is 5.17. The van der Waals surface area contributed by atoms with Crippen LogP contribution in [0.4, 0.5) is 0 Å². The summed E-state index contributed by atoms with van der Waals surface area (Å²) in [6.07, 6.45) is 4.30. The van der Waals surface area contributed by atoms with Crippen molar-refractivity contribution in [2.45, 2.75) is 39.5 Å². The second kappa shape index (κ2) is 4.62. The van der Waals surface area contributed by atoms with Crippen molar-refractivity contribution in [3.05, 3.63) is 0 Å². The monoisotopic (exact) mass is 181 g/mol. The Hall–Kier alpha value is -0.550. The molecule has 0 amide bonds. The fraction of sp³-hybridized carbons (Fsp3) is 0.909. The van der Waals surface area contributed by atoms with Gasteiger partial charge in [-0.15, -0.1) is 0 Å². The van der Waals surface area contributed by atoms with Crippen LogP contribution in [0.3, 0.4) is 0 Å². The van der Waals surface area contributed by atoms with Crippen molar-refractivity contribution in [1.82, 2.24) is 0 Å². The van der Waals surface area contributed by atoms with Gasteiger partial charge in [0.25, 0.3) is 0 Å². The minimum absolute atomic E-state index is 0.0169. The third kappa shape index (κ3) is 3.00. The smallest absolute Gasteiger partial charge is 0.0690 e. The third-order valence-corrected chi connectivity index (χ3v) is 2.72. The minimum atomic E-state index is -0.0169. The molecular formula is C11H19NO. The summed E-state index contributed by atoms with van der Waals surface area (Å²) in [6, 6.07) is 2.42. The number of hydrogen-bond donors (Lipinski definition) is 0. The van der Waals surface area contributed by atoms with Crippen LogP contribution < -0.4 is 0 Å². The molecule has 1 aliphatic carbocycles. The Morgan fingerprint density at radius 2 is 2.15 bits per heavy atom. The topological polar surface area (TPSA) is 33.0 Å². The van der Waals surface area contributed by atoms with Gasteiger partial charge in [-0.2, -0.15) is 5.26 Å². The van der Waals surface area contributed by atoms with E-state index in [0.717, 1.165) is 32.5 Å². The van der Waals surface area contributed by atoms with E-state index >= 15 is 0 Å². The highest BCUT2D eigenvalue weighted by molar-refractivity contribution is 5.04. The number of rotatable bonds is 5. The first kappa shape index (κ1) is 10.5. The molecule has 2 nitrogen and oxygen atoms in total. The highest BCUT2D eigenvalue weighted by Gasteiger charge is 2.36. The van der Waals surface area contributed by atoms with Crippen LogP contribution in [0.25, 0.3) is 0 Å². The van der Waals surface area contributed by atoms with Gasteiger partial charge in [0.05, 0.1) is 11.5 Å². The van der Waals surface area contributed by atoms with Gasteiger partial charge in [0.2, 0.25) is 0 Å². The summed E-state index contributed by atoms with van der Waals surface area (Å²) in [4.78, 5) is 0. The van der Waals surface area contributed by atoms with Crippen LogP contribution >= 0.6 is 0 Å². The maximum absolute atomic E-state index is 8.94. The van der Waals surface area contributed by atoms with Gasteiger partial charge in [-0.05, 0) is 25.2 Å². The molecule has 74 valence electrons. The molecule has 2 heteroatoms. The summed E-state index contributed by atoms with van der Waals surface area (Å²) in [5.41, 5.74) is -0.0169. The van der Waals surface area contributed by atoms with Crippen molar-refractivity contribution in [2.75, 3.05) is 13.2 Å². The zero-order valence-corrected chi connectivity index (χ0v) is 8.68. The van der Waals surface area contributed by atoms with E-state index in [1.54, 1.807) is 0 Å². The summed E-state index contributed by atoms with van der Waals surface area (Å²) < 4.78 is 5.48. The van der Waals surface area contributed by atoms with Crippen LogP contribution in [0.5, 0.6) is 0 Å². The second-order valence-corrected chi connectivity index (χ2v) is 4.46. The van der Waals surface area contributed by atoms with E-state index in [0.29, 0.717) is 5.92 Å². The van der Waals surface area contributed by atoms with Crippen molar-refractivity contribution in [1.29, 1.82) is 5.26 Å². The van der Waals surface area contributed by atoms with Crippen molar-refractivity contribution < 1.29 is 4.74 Å². The Balaban J connectivity index is 2.08. The fourth-order valence-electron chi connectivity index (χ4n) is 1.61. The quantitative estimate of drug-likeness (QED) is 0.611. The van der Waals surface area contributed by atoms with Crippen LogP contribution in [0.1, 0.15) is 39.5 Å². The third-order valence-electron chi connectivity index (χ3n) is 2.72. The molecule has 0 atom stereocenters. The summed E-state index contributed by atoms with van der Waals surface area (Å²) in [7, 11) is 0.